The summed E-state index contributed by atoms with van der Waals surface area (Å²) in [5, 5.41) is 18.9. The van der Waals surface area contributed by atoms with E-state index in [0.717, 1.165) is 5.56 Å². The second-order valence-electron chi connectivity index (χ2n) is 6.07. The van der Waals surface area contributed by atoms with E-state index in [1.807, 2.05) is 24.0 Å². The molecule has 0 saturated carbocycles. The van der Waals surface area contributed by atoms with Crippen LogP contribution >= 0.6 is 0 Å². The molecule has 0 spiro atoms. The van der Waals surface area contributed by atoms with Crippen LogP contribution in [0.25, 0.3) is 0 Å². The molecule has 2 aromatic rings. The number of nitrogens with one attached hydrogen (secondary N) is 3. The minimum absolute atomic E-state index is 0.0928. The summed E-state index contributed by atoms with van der Waals surface area (Å²) in [5.74, 6) is 0.0618. The number of rotatable bonds is 6. The van der Waals surface area contributed by atoms with Crippen LogP contribution in [-0.4, -0.2) is 56.5 Å². The Morgan fingerprint density at radius 1 is 1.36 bits per heavy atom. The number of nitrogens with zero attached hydrogens (tertiary/aromatic N) is 4. The van der Waals surface area contributed by atoms with E-state index in [-0.39, 0.29) is 24.8 Å². The first-order valence-corrected chi connectivity index (χ1v) is 8.18. The Labute approximate surface area is 145 Å². The average Bonchev–Trinajstić information content (AvgIpc) is 3.12. The lowest BCUT2D eigenvalue weighted by atomic mass is 10.1. The second-order valence-corrected chi connectivity index (χ2v) is 6.07. The fourth-order valence-corrected chi connectivity index (χ4v) is 2.78. The number of hydrogen-bond donors (Lipinski definition) is 3. The molecule has 2 heterocycles. The van der Waals surface area contributed by atoms with E-state index in [4.69, 9.17) is 0 Å². The van der Waals surface area contributed by atoms with Crippen molar-refractivity contribution < 1.29 is 9.59 Å². The molecule has 0 bridgehead atoms. The zero-order chi connectivity index (χ0) is 17.6. The summed E-state index contributed by atoms with van der Waals surface area (Å²) in [6.45, 7) is 4.15. The van der Waals surface area contributed by atoms with Crippen LogP contribution in [-0.2, 0) is 22.7 Å². The first-order chi connectivity index (χ1) is 12.1. The molecule has 0 aliphatic carbocycles. The smallest absolute Gasteiger partial charge is 0.237 e. The van der Waals surface area contributed by atoms with E-state index >= 15 is 0 Å². The molecule has 0 unspecified atom stereocenters. The third kappa shape index (κ3) is 4.60. The van der Waals surface area contributed by atoms with E-state index in [1.54, 1.807) is 0 Å². The number of H-pyrrole nitrogens is 1. The lowest BCUT2D eigenvalue weighted by Gasteiger charge is -2.34. The highest BCUT2D eigenvalue weighted by Crippen LogP contribution is 2.14. The van der Waals surface area contributed by atoms with Crippen molar-refractivity contribution in [2.24, 2.45) is 0 Å². The Balaban J connectivity index is 1.60. The summed E-state index contributed by atoms with van der Waals surface area (Å²) in [6, 6.07) is 7.71. The molecule has 1 aliphatic heterocycles. The summed E-state index contributed by atoms with van der Waals surface area (Å²) in [5.41, 5.74) is 2.31. The summed E-state index contributed by atoms with van der Waals surface area (Å²) in [7, 11) is 0. The van der Waals surface area contributed by atoms with Gasteiger partial charge in [-0.1, -0.05) is 35.0 Å². The molecule has 1 saturated heterocycles. The Hall–Kier alpha value is -2.81. The maximum absolute atomic E-state index is 12.2. The molecular weight excluding hydrogens is 322 g/mol. The first-order valence-electron chi connectivity index (χ1n) is 8.18. The van der Waals surface area contributed by atoms with Crippen LogP contribution in [0.3, 0.4) is 0 Å². The molecule has 9 nitrogen and oxygen atoms in total. The number of piperazine rings is 1. The van der Waals surface area contributed by atoms with Gasteiger partial charge in [0.25, 0.3) is 0 Å². The third-order valence-corrected chi connectivity index (χ3v) is 4.16. The van der Waals surface area contributed by atoms with Gasteiger partial charge >= 0.3 is 0 Å². The highest BCUT2D eigenvalue weighted by atomic mass is 16.2. The highest BCUT2D eigenvalue weighted by molar-refractivity contribution is 5.88. The van der Waals surface area contributed by atoms with Crippen molar-refractivity contribution in [1.82, 2.24) is 36.2 Å². The van der Waals surface area contributed by atoms with Gasteiger partial charge in [-0.05, 0) is 12.5 Å². The summed E-state index contributed by atoms with van der Waals surface area (Å²) in [4.78, 5) is 26.5. The third-order valence-electron chi connectivity index (χ3n) is 4.16. The molecule has 3 N–H and O–H groups in total. The van der Waals surface area contributed by atoms with E-state index in [9.17, 15) is 9.59 Å². The van der Waals surface area contributed by atoms with Gasteiger partial charge in [-0.3, -0.25) is 14.5 Å². The van der Waals surface area contributed by atoms with Crippen LogP contribution in [0.2, 0.25) is 0 Å². The second kappa shape index (κ2) is 7.84. The number of aromatic nitrogens is 4. The summed E-state index contributed by atoms with van der Waals surface area (Å²) in [6.07, 6.45) is 0.0928. The quantitative estimate of drug-likeness (QED) is 0.652. The number of tetrazole rings is 1. The summed E-state index contributed by atoms with van der Waals surface area (Å²) < 4.78 is 0. The van der Waals surface area contributed by atoms with Gasteiger partial charge in [-0.15, -0.1) is 10.2 Å². The summed E-state index contributed by atoms with van der Waals surface area (Å²) >= 11 is 0. The number of carbonyl (C=O) groups excluding carboxylic acids is 2. The maximum atomic E-state index is 12.2. The van der Waals surface area contributed by atoms with Crippen molar-refractivity contribution in [2.75, 3.05) is 13.1 Å². The molecule has 3 rings (SSSR count). The fourth-order valence-electron chi connectivity index (χ4n) is 2.78. The van der Waals surface area contributed by atoms with Crippen LogP contribution < -0.4 is 10.6 Å². The first kappa shape index (κ1) is 17.0. The van der Waals surface area contributed by atoms with Crippen LogP contribution in [0, 0.1) is 6.92 Å². The molecule has 1 aromatic carbocycles. The minimum Gasteiger partial charge on any atom is -0.353 e. The molecule has 2 amide bonds. The number of hydrogen-bond acceptors (Lipinski definition) is 6. The SMILES string of the molecule is Cc1ccc(CN2CCNC(=O)[C@H]2CC(=O)NCc2nn[nH]n2)cc1. The Kier molecular flexibility index (Phi) is 5.34. The van der Waals surface area contributed by atoms with Gasteiger partial charge in [0.1, 0.15) is 0 Å². The van der Waals surface area contributed by atoms with Crippen LogP contribution in [0.4, 0.5) is 0 Å². The van der Waals surface area contributed by atoms with Crippen molar-refractivity contribution in [2.45, 2.75) is 32.5 Å². The van der Waals surface area contributed by atoms with Gasteiger partial charge in [0.05, 0.1) is 19.0 Å². The van der Waals surface area contributed by atoms with Crippen molar-refractivity contribution in [3.05, 3.63) is 41.2 Å². The molecule has 1 aromatic heterocycles. The number of aryl methyl sites for hydroxylation is 1. The van der Waals surface area contributed by atoms with Crippen molar-refractivity contribution in [3.63, 3.8) is 0 Å². The fraction of sp³-hybridized carbons (Fsp3) is 0.438. The predicted octanol–water partition coefficient (Wildman–Crippen LogP) is -0.485. The van der Waals surface area contributed by atoms with E-state index in [2.05, 4.69) is 43.4 Å². The van der Waals surface area contributed by atoms with Gasteiger partial charge < -0.3 is 10.6 Å². The predicted molar refractivity (Wildman–Crippen MR) is 89.0 cm³/mol. The molecule has 132 valence electrons. The van der Waals surface area contributed by atoms with E-state index in [0.29, 0.717) is 25.5 Å². The maximum Gasteiger partial charge on any atom is 0.237 e. The van der Waals surface area contributed by atoms with Gasteiger partial charge in [0.15, 0.2) is 5.82 Å². The van der Waals surface area contributed by atoms with Gasteiger partial charge in [-0.2, -0.15) is 5.21 Å². The Bertz CT molecular complexity index is 715. The van der Waals surface area contributed by atoms with Crippen LogP contribution in [0.1, 0.15) is 23.4 Å². The largest absolute Gasteiger partial charge is 0.353 e. The number of aromatic amines is 1. The lowest BCUT2D eigenvalue weighted by molar-refractivity contribution is -0.134. The molecule has 0 radical (unpaired) electrons. The molecule has 25 heavy (non-hydrogen) atoms. The van der Waals surface area contributed by atoms with Crippen LogP contribution in [0.5, 0.6) is 0 Å². The van der Waals surface area contributed by atoms with E-state index in [1.165, 1.54) is 5.56 Å². The molecule has 1 atom stereocenters. The monoisotopic (exact) mass is 343 g/mol. The number of benzene rings is 1. The number of amides is 2. The van der Waals surface area contributed by atoms with Gasteiger partial charge in [-0.25, -0.2) is 0 Å². The minimum atomic E-state index is -0.486. The van der Waals surface area contributed by atoms with Crippen molar-refractivity contribution in [1.29, 1.82) is 0 Å². The van der Waals surface area contributed by atoms with Gasteiger partial charge in [0, 0.05) is 19.6 Å². The lowest BCUT2D eigenvalue weighted by Crippen LogP contribution is -2.56. The Morgan fingerprint density at radius 3 is 2.88 bits per heavy atom. The van der Waals surface area contributed by atoms with Gasteiger partial charge in [0.2, 0.25) is 11.8 Å². The average molecular weight is 343 g/mol. The molecular formula is C16H21N7O2. The Morgan fingerprint density at radius 2 is 2.16 bits per heavy atom. The zero-order valence-corrected chi connectivity index (χ0v) is 14.0. The molecule has 9 heteroatoms. The number of carbonyl (C=O) groups is 2. The van der Waals surface area contributed by atoms with E-state index < -0.39 is 6.04 Å². The van der Waals surface area contributed by atoms with Crippen molar-refractivity contribution in [3.8, 4) is 0 Å². The molecule has 1 fully saturated rings. The highest BCUT2D eigenvalue weighted by Gasteiger charge is 2.31. The zero-order valence-electron chi connectivity index (χ0n) is 14.0. The topological polar surface area (TPSA) is 116 Å². The normalized spacial score (nSPS) is 18.0. The van der Waals surface area contributed by atoms with Crippen molar-refractivity contribution >= 4 is 11.8 Å². The standard InChI is InChI=1S/C16H21N7O2/c1-11-2-4-12(5-3-11)10-23-7-6-17-16(25)13(23)8-15(24)18-9-14-19-21-22-20-14/h2-5,13H,6-10H2,1H3,(H,17,25)(H,18,24)(H,19,20,21,22)/t13-/m1/s1. The van der Waals surface area contributed by atoms with Crippen LogP contribution in [0.15, 0.2) is 24.3 Å². The molecule has 1 aliphatic rings.